The molecule has 0 amide bonds. The number of carbonyl (C=O) groups is 1. The third-order valence-electron chi connectivity index (χ3n) is 4.68. The Morgan fingerprint density at radius 1 is 0.893 bits per heavy atom. The normalized spacial score (nSPS) is 12.0. The Morgan fingerprint density at radius 2 is 1.43 bits per heavy atom. The van der Waals surface area contributed by atoms with Crippen molar-refractivity contribution in [3.63, 3.8) is 0 Å². The maximum Gasteiger partial charge on any atom is 0.308 e. The second-order valence-electron chi connectivity index (χ2n) is 9.30. The highest BCUT2D eigenvalue weighted by atomic mass is 16.6. The van der Waals surface area contributed by atoms with Gasteiger partial charge in [0.1, 0.15) is 5.75 Å². The highest BCUT2D eigenvalue weighted by molar-refractivity contribution is 5.70. The summed E-state index contributed by atoms with van der Waals surface area (Å²) in [6.07, 6.45) is 0.684. The molecule has 4 heteroatoms. The molecule has 0 radical (unpaired) electrons. The fourth-order valence-corrected chi connectivity index (χ4v) is 3.24. The van der Waals surface area contributed by atoms with Gasteiger partial charge in [-0.15, -0.1) is 0 Å². The summed E-state index contributed by atoms with van der Waals surface area (Å²) in [4.78, 5) is 11.3. The van der Waals surface area contributed by atoms with Gasteiger partial charge in [0.2, 0.25) is 0 Å². The summed E-state index contributed by atoms with van der Waals surface area (Å²) in [6, 6.07) is 9.74. The first-order chi connectivity index (χ1) is 12.8. The largest absolute Gasteiger partial charge is 0.507 e. The molecule has 0 unspecified atom stereocenters. The Balaban J connectivity index is 2.50. The lowest BCUT2D eigenvalue weighted by Gasteiger charge is -2.28. The Labute approximate surface area is 168 Å². The standard InChI is InChI=1S/C24H32O4/c1-15(25)28-20-10-9-16(14-21(20)27-8)11-17-12-18(23(2,3)4)22(26)19(13-17)24(5,6)7/h9-10,12-14,26H,11H2,1-8H3. The molecule has 2 aromatic carbocycles. The Kier molecular flexibility index (Phi) is 6.12. The van der Waals surface area contributed by atoms with E-state index in [2.05, 4.69) is 53.7 Å². The van der Waals surface area contributed by atoms with E-state index in [9.17, 15) is 9.90 Å². The third kappa shape index (κ3) is 5.06. The summed E-state index contributed by atoms with van der Waals surface area (Å²) in [5, 5.41) is 10.9. The van der Waals surface area contributed by atoms with E-state index in [0.29, 0.717) is 23.7 Å². The number of esters is 1. The topological polar surface area (TPSA) is 55.8 Å². The number of ether oxygens (including phenoxy) is 2. The maximum atomic E-state index is 11.3. The molecular weight excluding hydrogens is 352 g/mol. The number of phenolic OH excluding ortho intramolecular Hbond substituents is 1. The minimum atomic E-state index is -0.380. The van der Waals surface area contributed by atoms with E-state index in [1.807, 2.05) is 12.1 Å². The first-order valence-corrected chi connectivity index (χ1v) is 9.55. The first kappa shape index (κ1) is 21.8. The summed E-state index contributed by atoms with van der Waals surface area (Å²) in [5.41, 5.74) is 3.71. The van der Waals surface area contributed by atoms with Crippen LogP contribution in [-0.2, 0) is 22.0 Å². The molecule has 2 rings (SSSR count). The van der Waals surface area contributed by atoms with Gasteiger partial charge in [-0.1, -0.05) is 59.7 Å². The lowest BCUT2D eigenvalue weighted by molar-refractivity contribution is -0.132. The fraction of sp³-hybridized carbons (Fsp3) is 0.458. The van der Waals surface area contributed by atoms with E-state index in [-0.39, 0.29) is 16.8 Å². The molecule has 28 heavy (non-hydrogen) atoms. The van der Waals surface area contributed by atoms with Gasteiger partial charge in [0.25, 0.3) is 0 Å². The number of phenols is 1. The van der Waals surface area contributed by atoms with Crippen LogP contribution in [0.3, 0.4) is 0 Å². The van der Waals surface area contributed by atoms with Gasteiger partial charge in [0, 0.05) is 6.92 Å². The van der Waals surface area contributed by atoms with Crippen LogP contribution in [0.4, 0.5) is 0 Å². The Bertz CT molecular complexity index is 832. The van der Waals surface area contributed by atoms with Gasteiger partial charge in [0.15, 0.2) is 11.5 Å². The monoisotopic (exact) mass is 384 g/mol. The van der Waals surface area contributed by atoms with Crippen molar-refractivity contribution in [3.8, 4) is 17.2 Å². The van der Waals surface area contributed by atoms with Crippen LogP contribution in [-0.4, -0.2) is 18.2 Å². The minimum Gasteiger partial charge on any atom is -0.507 e. The lowest BCUT2D eigenvalue weighted by Crippen LogP contribution is -2.18. The van der Waals surface area contributed by atoms with Crippen LogP contribution in [0.5, 0.6) is 17.2 Å². The average molecular weight is 385 g/mol. The van der Waals surface area contributed by atoms with Crippen molar-refractivity contribution < 1.29 is 19.4 Å². The number of hydrogen-bond donors (Lipinski definition) is 1. The van der Waals surface area contributed by atoms with Crippen LogP contribution < -0.4 is 9.47 Å². The number of benzene rings is 2. The smallest absolute Gasteiger partial charge is 0.308 e. The molecule has 0 fully saturated rings. The van der Waals surface area contributed by atoms with Gasteiger partial charge >= 0.3 is 5.97 Å². The first-order valence-electron chi connectivity index (χ1n) is 9.55. The zero-order valence-electron chi connectivity index (χ0n) is 18.3. The van der Waals surface area contributed by atoms with E-state index in [1.165, 1.54) is 6.92 Å². The molecule has 0 spiro atoms. The third-order valence-corrected chi connectivity index (χ3v) is 4.68. The SMILES string of the molecule is COc1cc(Cc2cc(C(C)(C)C)c(O)c(C(C)(C)C)c2)ccc1OC(C)=O. The van der Waals surface area contributed by atoms with Gasteiger partial charge in [-0.2, -0.15) is 0 Å². The number of aromatic hydroxyl groups is 1. The van der Waals surface area contributed by atoms with E-state index in [1.54, 1.807) is 13.2 Å². The quantitative estimate of drug-likeness (QED) is 0.558. The molecule has 0 saturated heterocycles. The van der Waals surface area contributed by atoms with Crippen molar-refractivity contribution in [2.45, 2.75) is 65.7 Å². The van der Waals surface area contributed by atoms with E-state index >= 15 is 0 Å². The zero-order valence-corrected chi connectivity index (χ0v) is 18.3. The van der Waals surface area contributed by atoms with Gasteiger partial charge in [-0.05, 0) is 51.6 Å². The fourth-order valence-electron chi connectivity index (χ4n) is 3.24. The number of carbonyl (C=O) groups excluding carboxylic acids is 1. The molecule has 2 aromatic rings. The van der Waals surface area contributed by atoms with Gasteiger partial charge in [0.05, 0.1) is 7.11 Å². The van der Waals surface area contributed by atoms with Gasteiger partial charge in [-0.25, -0.2) is 0 Å². The van der Waals surface area contributed by atoms with Crippen molar-refractivity contribution in [1.82, 2.24) is 0 Å². The highest BCUT2D eigenvalue weighted by Crippen LogP contribution is 2.40. The van der Waals surface area contributed by atoms with Gasteiger partial charge in [-0.3, -0.25) is 4.79 Å². The average Bonchev–Trinajstić information content (AvgIpc) is 2.55. The summed E-state index contributed by atoms with van der Waals surface area (Å²) in [6.45, 7) is 14.0. The maximum absolute atomic E-state index is 11.3. The molecule has 0 bridgehead atoms. The van der Waals surface area contributed by atoms with Crippen LogP contribution in [0.25, 0.3) is 0 Å². The molecular formula is C24H32O4. The molecule has 0 heterocycles. The van der Waals surface area contributed by atoms with Gasteiger partial charge < -0.3 is 14.6 Å². The number of rotatable bonds is 4. The molecule has 0 aliphatic carbocycles. The van der Waals surface area contributed by atoms with Crippen LogP contribution in [0.1, 0.15) is 70.7 Å². The predicted octanol–water partition coefficient (Wildman–Crippen LogP) is 5.51. The predicted molar refractivity (Wildman–Crippen MR) is 113 cm³/mol. The second-order valence-corrected chi connectivity index (χ2v) is 9.30. The van der Waals surface area contributed by atoms with Crippen molar-refractivity contribution >= 4 is 5.97 Å². The molecule has 0 atom stereocenters. The number of methoxy groups -OCH3 is 1. The van der Waals surface area contributed by atoms with E-state index in [4.69, 9.17) is 9.47 Å². The lowest BCUT2D eigenvalue weighted by atomic mass is 9.78. The Hall–Kier alpha value is -2.49. The molecule has 0 aromatic heterocycles. The van der Waals surface area contributed by atoms with Crippen molar-refractivity contribution in [3.05, 3.63) is 52.6 Å². The minimum absolute atomic E-state index is 0.170. The molecule has 152 valence electrons. The van der Waals surface area contributed by atoms with Crippen molar-refractivity contribution in [2.75, 3.05) is 7.11 Å². The van der Waals surface area contributed by atoms with Crippen LogP contribution in [0.2, 0.25) is 0 Å². The summed E-state index contributed by atoms with van der Waals surface area (Å²) < 4.78 is 10.6. The summed E-state index contributed by atoms with van der Waals surface area (Å²) in [7, 11) is 1.56. The van der Waals surface area contributed by atoms with Crippen LogP contribution in [0.15, 0.2) is 30.3 Å². The van der Waals surface area contributed by atoms with Crippen LogP contribution >= 0.6 is 0 Å². The van der Waals surface area contributed by atoms with Crippen molar-refractivity contribution in [1.29, 1.82) is 0 Å². The van der Waals surface area contributed by atoms with Crippen LogP contribution in [0, 0.1) is 0 Å². The zero-order chi connectivity index (χ0) is 21.3. The number of hydrogen-bond acceptors (Lipinski definition) is 4. The Morgan fingerprint density at radius 3 is 1.86 bits per heavy atom. The molecule has 4 nitrogen and oxygen atoms in total. The molecule has 0 aliphatic heterocycles. The molecule has 0 aliphatic rings. The van der Waals surface area contributed by atoms with E-state index in [0.717, 1.165) is 22.3 Å². The van der Waals surface area contributed by atoms with E-state index < -0.39 is 0 Å². The highest BCUT2D eigenvalue weighted by Gasteiger charge is 2.26. The summed E-state index contributed by atoms with van der Waals surface area (Å²) in [5.74, 6) is 0.939. The molecule has 1 N–H and O–H groups in total. The second kappa shape index (κ2) is 7.86. The molecule has 0 saturated carbocycles. The summed E-state index contributed by atoms with van der Waals surface area (Å²) >= 11 is 0. The van der Waals surface area contributed by atoms with Crippen molar-refractivity contribution in [2.24, 2.45) is 0 Å².